The van der Waals surface area contributed by atoms with Gasteiger partial charge in [0.2, 0.25) is 0 Å². The van der Waals surface area contributed by atoms with Crippen molar-refractivity contribution in [3.05, 3.63) is 307 Å². The Morgan fingerprint density at radius 1 is 0.212 bits per heavy atom. The summed E-state index contributed by atoms with van der Waals surface area (Å²) in [7, 11) is 0. The van der Waals surface area contributed by atoms with Crippen LogP contribution in [-0.4, -0.2) is 15.8 Å². The van der Waals surface area contributed by atoms with Gasteiger partial charge in [0.05, 0.1) is 22.8 Å². The number of fused-ring (bicyclic) bond motifs is 4. The van der Waals surface area contributed by atoms with Crippen LogP contribution in [0, 0.1) is 0 Å². The predicted octanol–water partition coefficient (Wildman–Crippen LogP) is 23.8. The third-order valence-electron chi connectivity index (χ3n) is 20.7. The van der Waals surface area contributed by atoms with Gasteiger partial charge in [0.25, 0.3) is 6.71 Å². The minimum atomic E-state index is -0.247. The number of rotatable bonds is 10. The highest BCUT2D eigenvalue weighted by Gasteiger charge is 2.45. The molecule has 0 unspecified atom stereocenters. The molecule has 0 saturated heterocycles. The lowest BCUT2D eigenvalue weighted by Gasteiger charge is -2.45. The quantitative estimate of drug-likeness (QED) is 0.127. The van der Waals surface area contributed by atoms with Crippen molar-refractivity contribution in [2.45, 2.75) is 131 Å². The fourth-order valence-electron chi connectivity index (χ4n) is 14.9. The molecule has 2 aliphatic rings. The van der Waals surface area contributed by atoms with Gasteiger partial charge in [-0.3, -0.25) is 0 Å². The predicted molar refractivity (Wildman–Crippen MR) is 425 cm³/mol. The van der Waals surface area contributed by atoms with Gasteiger partial charge in [-0.1, -0.05) is 298 Å². The summed E-state index contributed by atoms with van der Waals surface area (Å²) >= 11 is 0. The normalized spacial score (nSPS) is 13.1. The highest BCUT2D eigenvalue weighted by atomic mass is 15.2. The molecule has 13 aromatic rings. The van der Waals surface area contributed by atoms with Crippen molar-refractivity contribution >= 4 is 57.2 Å². The summed E-state index contributed by atoms with van der Waals surface area (Å²) in [5.41, 5.74) is 33.1. The average Bonchev–Trinajstić information content (AvgIpc) is 0.711. The molecule has 490 valence electrons. The standard InChI is InChI=1S/C94H91BN4/c1-90(2,3)70-52-68(53-71(56-70)91(4,5)6)62-36-40-75(41-37-62)96-85-60-77(98-81(64-28-20-16-21-29-64)48-49-82(98)65-30-22-17-23-31-65)44-46-79(85)95-80-47-45-78(99-83(66-32-24-18-25-33-66)50-51-84(99)67-34-26-19-27-35-67)61-86(80)97(88-59-74(94(13,14)15)58-87(96)89(88)95)76-42-38-63(39-43-76)69-54-72(92(7,8)9)57-73(55-69)93(10,11)12/h16-61H,1-15H3. The monoisotopic (exact) mass is 1290 g/mol. The Hall–Kier alpha value is -10.4. The fraction of sp³-hybridized carbons (Fsp3) is 0.213. The number of benzene rings is 11. The first-order valence-corrected chi connectivity index (χ1v) is 35.5. The minimum Gasteiger partial charge on any atom is -0.311 e. The van der Waals surface area contributed by atoms with Crippen molar-refractivity contribution < 1.29 is 0 Å². The molecular weight excluding hydrogens is 1200 g/mol. The molecule has 0 bridgehead atoms. The fourth-order valence-corrected chi connectivity index (χ4v) is 14.9. The first kappa shape index (κ1) is 64.6. The number of hydrogen-bond donors (Lipinski definition) is 0. The van der Waals surface area contributed by atoms with E-state index in [-0.39, 0.29) is 33.8 Å². The number of anilines is 6. The smallest absolute Gasteiger partial charge is 0.252 e. The van der Waals surface area contributed by atoms with Gasteiger partial charge < -0.3 is 18.9 Å². The molecule has 4 nitrogen and oxygen atoms in total. The summed E-state index contributed by atoms with van der Waals surface area (Å²) in [5.74, 6) is 0. The molecule has 0 aliphatic carbocycles. The van der Waals surface area contributed by atoms with Crippen LogP contribution < -0.4 is 26.2 Å². The Morgan fingerprint density at radius 2 is 0.475 bits per heavy atom. The van der Waals surface area contributed by atoms with Crippen LogP contribution in [-0.2, 0) is 27.1 Å². The zero-order valence-corrected chi connectivity index (χ0v) is 60.4. The van der Waals surface area contributed by atoms with Gasteiger partial charge >= 0.3 is 0 Å². The lowest BCUT2D eigenvalue weighted by Crippen LogP contribution is -2.61. The molecule has 99 heavy (non-hydrogen) atoms. The van der Waals surface area contributed by atoms with Crippen molar-refractivity contribution in [3.63, 3.8) is 0 Å². The molecule has 11 aromatic carbocycles. The largest absolute Gasteiger partial charge is 0.311 e. The van der Waals surface area contributed by atoms with E-state index in [0.29, 0.717) is 0 Å². The van der Waals surface area contributed by atoms with Crippen LogP contribution >= 0.6 is 0 Å². The Bertz CT molecular complexity index is 4680. The van der Waals surface area contributed by atoms with Crippen molar-refractivity contribution in [2.24, 2.45) is 0 Å². The molecule has 5 heteroatoms. The highest BCUT2D eigenvalue weighted by Crippen LogP contribution is 2.49. The Balaban J connectivity index is 1.01. The zero-order chi connectivity index (χ0) is 69.1. The van der Waals surface area contributed by atoms with Crippen LogP contribution in [0.1, 0.15) is 132 Å². The third kappa shape index (κ3) is 12.0. The van der Waals surface area contributed by atoms with Crippen LogP contribution in [0.25, 0.3) is 78.7 Å². The molecule has 0 amide bonds. The topological polar surface area (TPSA) is 16.3 Å². The third-order valence-corrected chi connectivity index (χ3v) is 20.7. The molecule has 4 heterocycles. The van der Waals surface area contributed by atoms with Crippen LogP contribution in [0.5, 0.6) is 0 Å². The van der Waals surface area contributed by atoms with E-state index in [2.05, 4.69) is 402 Å². The molecule has 0 fully saturated rings. The summed E-state index contributed by atoms with van der Waals surface area (Å²) in [5, 5.41) is 0. The summed E-state index contributed by atoms with van der Waals surface area (Å²) in [6, 6.07) is 106. The lowest BCUT2D eigenvalue weighted by molar-refractivity contribution is 0.568. The van der Waals surface area contributed by atoms with E-state index in [1.54, 1.807) is 0 Å². The molecule has 0 spiro atoms. The lowest BCUT2D eigenvalue weighted by atomic mass is 9.33. The van der Waals surface area contributed by atoms with Crippen LogP contribution in [0.4, 0.5) is 34.1 Å². The maximum absolute atomic E-state index is 2.61. The maximum Gasteiger partial charge on any atom is 0.252 e. The van der Waals surface area contributed by atoms with Crippen LogP contribution in [0.15, 0.2) is 279 Å². The van der Waals surface area contributed by atoms with E-state index in [9.17, 15) is 0 Å². The Labute approximate surface area is 589 Å². The second-order valence-corrected chi connectivity index (χ2v) is 32.8. The molecule has 0 saturated carbocycles. The van der Waals surface area contributed by atoms with Crippen molar-refractivity contribution in [1.82, 2.24) is 9.13 Å². The van der Waals surface area contributed by atoms with Gasteiger partial charge in [-0.05, 0) is 201 Å². The number of nitrogens with zero attached hydrogens (tertiary/aromatic N) is 4. The van der Waals surface area contributed by atoms with Gasteiger partial charge in [-0.25, -0.2) is 0 Å². The number of hydrogen-bond acceptors (Lipinski definition) is 2. The SMILES string of the molecule is CC(C)(C)c1cc(-c2ccc(N3c4cc(-n5c(-c6ccccc6)ccc5-c5ccccc5)ccc4B4c5ccc(-n6c(-c7ccccc7)ccc6-c6ccccc6)cc5N(c5ccc(-c6cc(C(C)(C)C)cc(C(C)(C)C)c6)cc5)c5cc(C(C)(C)C)cc3c54)cc2)cc(C(C)(C)C)c1. The van der Waals surface area contributed by atoms with Crippen LogP contribution in [0.3, 0.4) is 0 Å². The van der Waals surface area contributed by atoms with E-state index < -0.39 is 0 Å². The second-order valence-electron chi connectivity index (χ2n) is 32.8. The van der Waals surface area contributed by atoms with Gasteiger partial charge in [-0.2, -0.15) is 0 Å². The second kappa shape index (κ2) is 24.3. The summed E-state index contributed by atoms with van der Waals surface area (Å²) in [4.78, 5) is 5.22. The Morgan fingerprint density at radius 3 is 0.747 bits per heavy atom. The van der Waals surface area contributed by atoms with Crippen molar-refractivity contribution in [1.29, 1.82) is 0 Å². The van der Waals surface area contributed by atoms with E-state index >= 15 is 0 Å². The van der Waals surface area contributed by atoms with Gasteiger partial charge in [0, 0.05) is 45.5 Å². The minimum absolute atomic E-state index is 0.0257. The molecule has 2 aromatic heterocycles. The van der Waals surface area contributed by atoms with Gasteiger partial charge in [-0.15, -0.1) is 0 Å². The van der Waals surface area contributed by atoms with Crippen LogP contribution in [0.2, 0.25) is 0 Å². The Kier molecular flexibility index (Phi) is 15.8. The molecule has 15 rings (SSSR count). The molecule has 0 radical (unpaired) electrons. The van der Waals surface area contributed by atoms with E-state index in [0.717, 1.165) is 79.2 Å². The number of aromatic nitrogens is 2. The van der Waals surface area contributed by atoms with Crippen molar-refractivity contribution in [3.8, 4) is 78.7 Å². The van der Waals surface area contributed by atoms with E-state index in [4.69, 9.17) is 0 Å². The van der Waals surface area contributed by atoms with Gasteiger partial charge in [0.1, 0.15) is 0 Å². The molecule has 0 N–H and O–H groups in total. The van der Waals surface area contributed by atoms with Crippen molar-refractivity contribution in [2.75, 3.05) is 9.80 Å². The zero-order valence-electron chi connectivity index (χ0n) is 60.4. The maximum atomic E-state index is 2.61. The van der Waals surface area contributed by atoms with E-state index in [1.807, 2.05) is 0 Å². The molecule has 2 aliphatic heterocycles. The average molecular weight is 1290 g/mol. The highest BCUT2D eigenvalue weighted by molar-refractivity contribution is 7.00. The first-order valence-electron chi connectivity index (χ1n) is 35.5. The molecule has 0 atom stereocenters. The van der Waals surface area contributed by atoms with Gasteiger partial charge in [0.15, 0.2) is 0 Å². The summed E-state index contributed by atoms with van der Waals surface area (Å²) in [6.07, 6.45) is 0. The van der Waals surface area contributed by atoms with E-state index in [1.165, 1.54) is 77.8 Å². The molecular formula is C94H91BN4. The summed E-state index contributed by atoms with van der Waals surface area (Å²) < 4.78 is 4.96. The first-order chi connectivity index (χ1) is 47.2. The summed E-state index contributed by atoms with van der Waals surface area (Å²) in [6.45, 7) is 34.9.